The van der Waals surface area contributed by atoms with Crippen LogP contribution in [0.4, 0.5) is 17.5 Å². The van der Waals surface area contributed by atoms with Crippen LogP contribution >= 0.6 is 0 Å². The first kappa shape index (κ1) is 13.4. The zero-order valence-corrected chi connectivity index (χ0v) is 12.5. The van der Waals surface area contributed by atoms with Crippen LogP contribution in [0.5, 0.6) is 0 Å². The van der Waals surface area contributed by atoms with Crippen LogP contribution in [0.15, 0.2) is 48.5 Å². The van der Waals surface area contributed by atoms with Crippen molar-refractivity contribution in [3.8, 4) is 0 Å². The van der Waals surface area contributed by atoms with Crippen LogP contribution in [0.3, 0.4) is 0 Å². The van der Waals surface area contributed by atoms with Crippen LogP contribution in [0.25, 0.3) is 10.9 Å². The summed E-state index contributed by atoms with van der Waals surface area (Å²) in [6.07, 6.45) is 0. The van der Waals surface area contributed by atoms with Gasteiger partial charge in [-0.15, -0.1) is 0 Å². The summed E-state index contributed by atoms with van der Waals surface area (Å²) in [5, 5.41) is 4.36. The molecule has 1 heterocycles. The molecule has 106 valence electrons. The largest absolute Gasteiger partial charge is 0.362 e. The van der Waals surface area contributed by atoms with Gasteiger partial charge in [-0.1, -0.05) is 30.3 Å². The van der Waals surface area contributed by atoms with Crippen LogP contribution in [-0.2, 0) is 0 Å². The normalized spacial score (nSPS) is 10.6. The van der Waals surface area contributed by atoms with Gasteiger partial charge in [0, 0.05) is 25.2 Å². The third-order valence-electron chi connectivity index (χ3n) is 3.40. The summed E-state index contributed by atoms with van der Waals surface area (Å²) in [6.45, 7) is 2.07. The van der Waals surface area contributed by atoms with E-state index in [0.29, 0.717) is 5.95 Å². The van der Waals surface area contributed by atoms with Gasteiger partial charge in [0.2, 0.25) is 5.95 Å². The number of aryl methyl sites for hydroxylation is 1. The highest BCUT2D eigenvalue weighted by Gasteiger charge is 2.09. The lowest BCUT2D eigenvalue weighted by molar-refractivity contribution is 1.06. The molecule has 21 heavy (non-hydrogen) atoms. The lowest BCUT2D eigenvalue weighted by Gasteiger charge is -2.16. The van der Waals surface area contributed by atoms with Crippen molar-refractivity contribution < 1.29 is 0 Å². The van der Waals surface area contributed by atoms with Gasteiger partial charge in [-0.25, -0.2) is 4.98 Å². The van der Waals surface area contributed by atoms with Gasteiger partial charge in [0.05, 0.1) is 5.52 Å². The van der Waals surface area contributed by atoms with Crippen LogP contribution in [0.1, 0.15) is 5.56 Å². The highest BCUT2D eigenvalue weighted by atomic mass is 15.2. The van der Waals surface area contributed by atoms with E-state index in [9.17, 15) is 0 Å². The molecule has 0 bridgehead atoms. The second-order valence-electron chi connectivity index (χ2n) is 5.22. The molecule has 0 atom stereocenters. The SMILES string of the molecule is Cc1ccccc1Nc1nc(N(C)C)c2ccccc2n1. The molecule has 4 nitrogen and oxygen atoms in total. The Bertz CT molecular complexity index is 781. The Kier molecular flexibility index (Phi) is 3.44. The number of nitrogens with one attached hydrogen (secondary N) is 1. The van der Waals surface area contributed by atoms with Gasteiger partial charge in [-0.05, 0) is 30.7 Å². The average molecular weight is 278 g/mol. The van der Waals surface area contributed by atoms with Crippen LogP contribution in [-0.4, -0.2) is 24.1 Å². The zero-order valence-electron chi connectivity index (χ0n) is 12.5. The first-order valence-corrected chi connectivity index (χ1v) is 6.92. The van der Waals surface area contributed by atoms with E-state index in [4.69, 9.17) is 0 Å². The van der Waals surface area contributed by atoms with E-state index in [0.717, 1.165) is 22.4 Å². The molecule has 0 saturated carbocycles. The monoisotopic (exact) mass is 278 g/mol. The van der Waals surface area contributed by atoms with Gasteiger partial charge in [-0.2, -0.15) is 4.98 Å². The van der Waals surface area contributed by atoms with E-state index in [1.807, 2.05) is 61.5 Å². The van der Waals surface area contributed by atoms with Crippen molar-refractivity contribution >= 4 is 28.4 Å². The molecular weight excluding hydrogens is 260 g/mol. The second kappa shape index (κ2) is 5.40. The summed E-state index contributed by atoms with van der Waals surface area (Å²) in [4.78, 5) is 11.3. The number of para-hydroxylation sites is 2. The molecule has 4 heteroatoms. The highest BCUT2D eigenvalue weighted by Crippen LogP contribution is 2.25. The molecule has 0 amide bonds. The number of fused-ring (bicyclic) bond motifs is 1. The minimum Gasteiger partial charge on any atom is -0.362 e. The van der Waals surface area contributed by atoms with Gasteiger partial charge in [-0.3, -0.25) is 0 Å². The number of anilines is 3. The molecular formula is C17H18N4. The van der Waals surface area contributed by atoms with Gasteiger partial charge in [0.15, 0.2) is 0 Å². The molecule has 0 spiro atoms. The standard InChI is InChI=1S/C17H18N4/c1-12-8-4-6-10-14(12)18-17-19-15-11-7-5-9-13(15)16(20-17)21(2)3/h4-11H,1-3H3,(H,18,19,20). The summed E-state index contributed by atoms with van der Waals surface area (Å²) < 4.78 is 0. The molecule has 0 fully saturated rings. The second-order valence-corrected chi connectivity index (χ2v) is 5.22. The molecule has 0 aliphatic heterocycles. The van der Waals surface area contributed by atoms with Crippen molar-refractivity contribution in [2.45, 2.75) is 6.92 Å². The third-order valence-corrected chi connectivity index (χ3v) is 3.40. The molecule has 1 N–H and O–H groups in total. The van der Waals surface area contributed by atoms with Gasteiger partial charge in [0.1, 0.15) is 5.82 Å². The molecule has 2 aromatic carbocycles. The maximum atomic E-state index is 4.64. The fourth-order valence-corrected chi connectivity index (χ4v) is 2.29. The maximum Gasteiger partial charge on any atom is 0.229 e. The van der Waals surface area contributed by atoms with Crippen molar-refractivity contribution in [2.24, 2.45) is 0 Å². The molecule has 0 unspecified atom stereocenters. The first-order valence-electron chi connectivity index (χ1n) is 6.92. The third kappa shape index (κ3) is 2.65. The Morgan fingerprint density at radius 3 is 2.38 bits per heavy atom. The molecule has 3 aromatic rings. The Morgan fingerprint density at radius 2 is 1.62 bits per heavy atom. The van der Waals surface area contributed by atoms with E-state index in [1.165, 1.54) is 5.56 Å². The Morgan fingerprint density at radius 1 is 0.905 bits per heavy atom. The van der Waals surface area contributed by atoms with E-state index in [2.05, 4.69) is 28.3 Å². The van der Waals surface area contributed by atoms with Crippen LogP contribution in [0.2, 0.25) is 0 Å². The minimum atomic E-state index is 0.617. The fourth-order valence-electron chi connectivity index (χ4n) is 2.29. The smallest absolute Gasteiger partial charge is 0.229 e. The number of hydrogen-bond donors (Lipinski definition) is 1. The topological polar surface area (TPSA) is 41.1 Å². The molecule has 0 aliphatic carbocycles. The Labute approximate surface area is 124 Å². The van der Waals surface area contributed by atoms with Crippen molar-refractivity contribution in [1.82, 2.24) is 9.97 Å². The fraction of sp³-hybridized carbons (Fsp3) is 0.176. The number of aromatic nitrogens is 2. The van der Waals surface area contributed by atoms with Crippen LogP contribution in [0, 0.1) is 6.92 Å². The molecule has 0 aliphatic rings. The van der Waals surface area contributed by atoms with Gasteiger partial charge in [0.25, 0.3) is 0 Å². The van der Waals surface area contributed by atoms with Crippen molar-refractivity contribution in [3.05, 3.63) is 54.1 Å². The lowest BCUT2D eigenvalue weighted by Crippen LogP contribution is -2.13. The highest BCUT2D eigenvalue weighted by molar-refractivity contribution is 5.90. The summed E-state index contributed by atoms with van der Waals surface area (Å²) in [5.41, 5.74) is 3.13. The predicted octanol–water partition coefficient (Wildman–Crippen LogP) is 3.75. The van der Waals surface area contributed by atoms with Gasteiger partial charge >= 0.3 is 0 Å². The number of benzene rings is 2. The van der Waals surface area contributed by atoms with E-state index in [1.54, 1.807) is 0 Å². The first-order chi connectivity index (χ1) is 10.1. The Balaban J connectivity index is 2.09. The predicted molar refractivity (Wildman–Crippen MR) is 88.3 cm³/mol. The maximum absolute atomic E-state index is 4.64. The van der Waals surface area contributed by atoms with E-state index < -0.39 is 0 Å². The number of hydrogen-bond acceptors (Lipinski definition) is 4. The summed E-state index contributed by atoms with van der Waals surface area (Å²) >= 11 is 0. The van der Waals surface area contributed by atoms with Crippen molar-refractivity contribution in [2.75, 3.05) is 24.3 Å². The minimum absolute atomic E-state index is 0.617. The molecule has 1 aromatic heterocycles. The number of rotatable bonds is 3. The zero-order chi connectivity index (χ0) is 14.8. The summed E-state index contributed by atoms with van der Waals surface area (Å²) in [5.74, 6) is 1.53. The van der Waals surface area contributed by atoms with Crippen molar-refractivity contribution in [3.63, 3.8) is 0 Å². The quantitative estimate of drug-likeness (QED) is 0.792. The average Bonchev–Trinajstić information content (AvgIpc) is 2.48. The van der Waals surface area contributed by atoms with E-state index in [-0.39, 0.29) is 0 Å². The molecule has 0 radical (unpaired) electrons. The molecule has 0 saturated heterocycles. The van der Waals surface area contributed by atoms with Crippen molar-refractivity contribution in [1.29, 1.82) is 0 Å². The van der Waals surface area contributed by atoms with E-state index >= 15 is 0 Å². The Hall–Kier alpha value is -2.62. The molecule has 3 rings (SSSR count). The van der Waals surface area contributed by atoms with Gasteiger partial charge < -0.3 is 10.2 Å². The summed E-state index contributed by atoms with van der Waals surface area (Å²) in [6, 6.07) is 16.2. The van der Waals surface area contributed by atoms with Crippen LogP contribution < -0.4 is 10.2 Å². The lowest BCUT2D eigenvalue weighted by atomic mass is 10.2. The number of nitrogens with zero attached hydrogens (tertiary/aromatic N) is 3. The summed E-state index contributed by atoms with van der Waals surface area (Å²) in [7, 11) is 3.98.